The lowest BCUT2D eigenvalue weighted by Gasteiger charge is -2.13. The highest BCUT2D eigenvalue weighted by Crippen LogP contribution is 2.37. The lowest BCUT2D eigenvalue weighted by molar-refractivity contribution is -0.112. The van der Waals surface area contributed by atoms with Crippen LogP contribution in [0.3, 0.4) is 0 Å². The van der Waals surface area contributed by atoms with Crippen LogP contribution >= 0.6 is 11.6 Å². The first-order chi connectivity index (χ1) is 14.9. The maximum atomic E-state index is 12.5. The van der Waals surface area contributed by atoms with Crippen molar-refractivity contribution in [2.75, 3.05) is 25.6 Å². The Morgan fingerprint density at radius 2 is 1.90 bits per heavy atom. The highest BCUT2D eigenvalue weighted by atomic mass is 35.5. The minimum atomic E-state index is -0.604. The number of methoxy groups -OCH3 is 1. The summed E-state index contributed by atoms with van der Waals surface area (Å²) in [6, 6.07) is 11.3. The fraction of sp³-hybridized carbons (Fsp3) is 0.261. The maximum Gasteiger partial charge on any atom is 0.338 e. The van der Waals surface area contributed by atoms with Crippen LogP contribution in [0.2, 0.25) is 5.02 Å². The van der Waals surface area contributed by atoms with Crippen LogP contribution in [0.25, 0.3) is 6.08 Å². The molecule has 0 radical (unpaired) electrons. The van der Waals surface area contributed by atoms with Crippen LogP contribution in [0.1, 0.15) is 36.2 Å². The summed E-state index contributed by atoms with van der Waals surface area (Å²) in [6.07, 6.45) is 2.21. The number of anilines is 1. The molecule has 0 aliphatic heterocycles. The molecular weight excluding hydrogens is 420 g/mol. The topological polar surface area (TPSA) is 97.7 Å². The average molecular weight is 443 g/mol. The van der Waals surface area contributed by atoms with E-state index in [1.54, 1.807) is 31.2 Å². The number of carbonyl (C=O) groups excluding carboxylic acids is 2. The Bertz CT molecular complexity index is 1010. The van der Waals surface area contributed by atoms with Gasteiger partial charge < -0.3 is 19.5 Å². The van der Waals surface area contributed by atoms with Gasteiger partial charge in [0.05, 0.1) is 30.9 Å². The van der Waals surface area contributed by atoms with Gasteiger partial charge in [-0.1, -0.05) is 18.5 Å². The molecule has 7 nitrogen and oxygen atoms in total. The van der Waals surface area contributed by atoms with Crippen LogP contribution < -0.4 is 14.8 Å². The van der Waals surface area contributed by atoms with E-state index < -0.39 is 11.9 Å². The molecule has 0 saturated heterocycles. The molecular formula is C23H23ClN2O5. The lowest BCUT2D eigenvalue weighted by atomic mass is 10.1. The van der Waals surface area contributed by atoms with Gasteiger partial charge in [0.2, 0.25) is 0 Å². The Hall–Kier alpha value is -3.50. The third-order valence-electron chi connectivity index (χ3n) is 4.03. The van der Waals surface area contributed by atoms with E-state index in [2.05, 4.69) is 5.32 Å². The van der Waals surface area contributed by atoms with Crippen molar-refractivity contribution in [2.45, 2.75) is 20.3 Å². The smallest absolute Gasteiger partial charge is 0.338 e. The van der Waals surface area contributed by atoms with Crippen LogP contribution in [0.15, 0.2) is 42.0 Å². The summed E-state index contributed by atoms with van der Waals surface area (Å²) in [7, 11) is 1.48. The number of nitrogens with one attached hydrogen (secondary N) is 1. The zero-order valence-electron chi connectivity index (χ0n) is 17.5. The van der Waals surface area contributed by atoms with Crippen LogP contribution in [-0.2, 0) is 9.53 Å². The summed E-state index contributed by atoms with van der Waals surface area (Å²) in [4.78, 5) is 24.2. The molecule has 31 heavy (non-hydrogen) atoms. The number of nitriles is 1. The second-order valence-electron chi connectivity index (χ2n) is 6.30. The van der Waals surface area contributed by atoms with E-state index >= 15 is 0 Å². The van der Waals surface area contributed by atoms with Crippen molar-refractivity contribution in [2.24, 2.45) is 0 Å². The summed E-state index contributed by atoms with van der Waals surface area (Å²) in [5.41, 5.74) is 1.17. The Labute approximate surface area is 186 Å². The van der Waals surface area contributed by atoms with E-state index in [-0.39, 0.29) is 12.2 Å². The van der Waals surface area contributed by atoms with Crippen LogP contribution in [-0.4, -0.2) is 32.2 Å². The number of ether oxygens (including phenoxy) is 3. The Kier molecular flexibility index (Phi) is 8.92. The van der Waals surface area contributed by atoms with E-state index in [1.165, 1.54) is 25.3 Å². The van der Waals surface area contributed by atoms with Gasteiger partial charge in [0, 0.05) is 5.69 Å². The molecule has 0 saturated carbocycles. The molecule has 162 valence electrons. The quantitative estimate of drug-likeness (QED) is 0.338. The van der Waals surface area contributed by atoms with E-state index in [0.29, 0.717) is 39.9 Å². The number of hydrogen-bond donors (Lipinski definition) is 1. The molecule has 2 aromatic carbocycles. The Morgan fingerprint density at radius 3 is 2.48 bits per heavy atom. The summed E-state index contributed by atoms with van der Waals surface area (Å²) in [5, 5.41) is 12.4. The van der Waals surface area contributed by atoms with E-state index in [9.17, 15) is 14.9 Å². The molecule has 0 aliphatic carbocycles. The van der Waals surface area contributed by atoms with Gasteiger partial charge >= 0.3 is 5.97 Å². The minimum absolute atomic E-state index is 0.130. The van der Waals surface area contributed by atoms with Crippen molar-refractivity contribution >= 4 is 35.2 Å². The number of esters is 1. The molecule has 2 aromatic rings. The van der Waals surface area contributed by atoms with Crippen LogP contribution in [0.5, 0.6) is 11.5 Å². The fourth-order valence-electron chi connectivity index (χ4n) is 2.59. The summed E-state index contributed by atoms with van der Waals surface area (Å²) in [6.45, 7) is 4.44. The van der Waals surface area contributed by atoms with E-state index in [0.717, 1.165) is 6.42 Å². The number of hydrogen-bond acceptors (Lipinski definition) is 6. The van der Waals surface area contributed by atoms with Gasteiger partial charge in [-0.3, -0.25) is 4.79 Å². The molecule has 0 aromatic heterocycles. The highest BCUT2D eigenvalue weighted by Gasteiger charge is 2.14. The predicted molar refractivity (Wildman–Crippen MR) is 118 cm³/mol. The number of amides is 1. The second kappa shape index (κ2) is 11.6. The van der Waals surface area contributed by atoms with Crippen LogP contribution in [0, 0.1) is 11.3 Å². The van der Waals surface area contributed by atoms with Crippen molar-refractivity contribution in [1.29, 1.82) is 5.26 Å². The summed E-state index contributed by atoms with van der Waals surface area (Å²) >= 11 is 6.29. The molecule has 0 spiro atoms. The number of nitrogens with zero attached hydrogens (tertiary/aromatic N) is 1. The molecule has 0 fully saturated rings. The SMILES string of the molecule is CCCOc1c(Cl)cc(/C=C(\C#N)C(=O)Nc2ccc(C(=O)OCC)cc2)cc1OC. The normalized spacial score (nSPS) is 10.7. The van der Waals surface area contributed by atoms with Crippen molar-refractivity contribution in [3.05, 3.63) is 58.1 Å². The van der Waals surface area contributed by atoms with Gasteiger partial charge in [0.1, 0.15) is 11.6 Å². The molecule has 0 bridgehead atoms. The predicted octanol–water partition coefficient (Wildman–Crippen LogP) is 4.86. The zero-order chi connectivity index (χ0) is 22.8. The first kappa shape index (κ1) is 23.8. The summed E-state index contributed by atoms with van der Waals surface area (Å²) in [5.74, 6) is -0.241. The van der Waals surface area contributed by atoms with Gasteiger partial charge in [0.15, 0.2) is 11.5 Å². The number of rotatable bonds is 9. The fourth-order valence-corrected chi connectivity index (χ4v) is 2.86. The molecule has 1 amide bonds. The van der Waals surface area contributed by atoms with Gasteiger partial charge in [0.25, 0.3) is 5.91 Å². The third kappa shape index (κ3) is 6.49. The first-order valence-corrected chi connectivity index (χ1v) is 10.0. The zero-order valence-corrected chi connectivity index (χ0v) is 18.3. The largest absolute Gasteiger partial charge is 0.493 e. The molecule has 1 N–H and O–H groups in total. The number of halogens is 1. The molecule has 2 rings (SSSR count). The standard InChI is InChI=1S/C23H23ClN2O5/c1-4-10-31-21-19(24)12-15(13-20(21)29-3)11-17(14-25)22(27)26-18-8-6-16(7-9-18)23(28)30-5-2/h6-9,11-13H,4-5,10H2,1-3H3,(H,26,27)/b17-11+. The third-order valence-corrected chi connectivity index (χ3v) is 4.31. The second-order valence-corrected chi connectivity index (χ2v) is 6.71. The van der Waals surface area contributed by atoms with Gasteiger partial charge in [-0.05, 0) is 61.4 Å². The van der Waals surface area contributed by atoms with Crippen molar-refractivity contribution < 1.29 is 23.8 Å². The van der Waals surface area contributed by atoms with E-state index in [4.69, 9.17) is 25.8 Å². The molecule has 0 heterocycles. The van der Waals surface area contributed by atoms with Gasteiger partial charge in [-0.15, -0.1) is 0 Å². The van der Waals surface area contributed by atoms with Crippen molar-refractivity contribution in [1.82, 2.24) is 0 Å². The summed E-state index contributed by atoms with van der Waals surface area (Å²) < 4.78 is 15.9. The Balaban J connectivity index is 2.21. The lowest BCUT2D eigenvalue weighted by Crippen LogP contribution is -2.13. The Morgan fingerprint density at radius 1 is 1.19 bits per heavy atom. The number of benzene rings is 2. The maximum absolute atomic E-state index is 12.5. The molecule has 8 heteroatoms. The monoisotopic (exact) mass is 442 g/mol. The van der Waals surface area contributed by atoms with Gasteiger partial charge in [-0.2, -0.15) is 5.26 Å². The van der Waals surface area contributed by atoms with Crippen LogP contribution in [0.4, 0.5) is 5.69 Å². The minimum Gasteiger partial charge on any atom is -0.493 e. The average Bonchev–Trinajstić information content (AvgIpc) is 2.76. The van der Waals surface area contributed by atoms with Crippen molar-refractivity contribution in [3.63, 3.8) is 0 Å². The molecule has 0 atom stereocenters. The van der Waals surface area contributed by atoms with E-state index in [1.807, 2.05) is 13.0 Å². The first-order valence-electron chi connectivity index (χ1n) is 9.64. The van der Waals surface area contributed by atoms with Crippen molar-refractivity contribution in [3.8, 4) is 17.6 Å². The van der Waals surface area contributed by atoms with Gasteiger partial charge in [-0.25, -0.2) is 4.79 Å². The number of carbonyl (C=O) groups is 2. The highest BCUT2D eigenvalue weighted by molar-refractivity contribution is 6.32. The molecule has 0 unspecified atom stereocenters. The molecule has 0 aliphatic rings.